The van der Waals surface area contributed by atoms with Crippen molar-refractivity contribution in [2.24, 2.45) is 0 Å². The number of rotatable bonds is 7. The van der Waals surface area contributed by atoms with Gasteiger partial charge in [-0.3, -0.25) is 4.79 Å². The number of amides is 1. The van der Waals surface area contributed by atoms with E-state index in [4.69, 9.17) is 9.47 Å². The van der Waals surface area contributed by atoms with Gasteiger partial charge in [0.05, 0.1) is 6.54 Å². The molecule has 0 radical (unpaired) electrons. The lowest BCUT2D eigenvalue weighted by atomic mass is 10.1. The predicted octanol–water partition coefficient (Wildman–Crippen LogP) is 2.88. The molecule has 0 aliphatic heterocycles. The molecular weight excluding hydrogens is 278 g/mol. The maximum Gasteiger partial charge on any atom is 0.258 e. The van der Waals surface area contributed by atoms with Crippen molar-refractivity contribution in [3.63, 3.8) is 0 Å². The summed E-state index contributed by atoms with van der Waals surface area (Å²) in [5.74, 6) is 1.35. The maximum absolute atomic E-state index is 11.7. The van der Waals surface area contributed by atoms with E-state index in [0.717, 1.165) is 16.9 Å². The maximum atomic E-state index is 11.7. The Bertz CT molecular complexity index is 591. The van der Waals surface area contributed by atoms with Gasteiger partial charge >= 0.3 is 0 Å². The summed E-state index contributed by atoms with van der Waals surface area (Å²) in [6, 6.07) is 15.4. The third-order valence-corrected chi connectivity index (χ3v) is 3.00. The molecule has 0 spiro atoms. The minimum atomic E-state index is -0.157. The first-order valence-corrected chi connectivity index (χ1v) is 7.29. The molecule has 116 valence electrons. The van der Waals surface area contributed by atoms with Crippen LogP contribution in [0.25, 0.3) is 0 Å². The third-order valence-electron chi connectivity index (χ3n) is 3.00. The van der Waals surface area contributed by atoms with Crippen LogP contribution in [0.4, 0.5) is 0 Å². The number of hydrogen-bond donors (Lipinski definition) is 1. The Balaban J connectivity index is 1.65. The molecule has 1 amide bonds. The highest BCUT2D eigenvalue weighted by Crippen LogP contribution is 2.15. The fourth-order valence-electron chi connectivity index (χ4n) is 2.09. The lowest BCUT2D eigenvalue weighted by molar-refractivity contribution is -0.123. The van der Waals surface area contributed by atoms with Gasteiger partial charge < -0.3 is 14.8 Å². The molecule has 4 nitrogen and oxygen atoms in total. The Morgan fingerprint density at radius 3 is 2.32 bits per heavy atom. The second kappa shape index (κ2) is 8.08. The van der Waals surface area contributed by atoms with Crippen LogP contribution in [-0.2, 0) is 4.79 Å². The van der Waals surface area contributed by atoms with Gasteiger partial charge in [0.15, 0.2) is 6.61 Å². The molecule has 2 rings (SSSR count). The number of ether oxygens (including phenoxy) is 2. The summed E-state index contributed by atoms with van der Waals surface area (Å²) in [5, 5.41) is 2.76. The lowest BCUT2D eigenvalue weighted by Crippen LogP contribution is -2.32. The van der Waals surface area contributed by atoms with Crippen LogP contribution in [0.2, 0.25) is 0 Å². The van der Waals surface area contributed by atoms with Crippen LogP contribution >= 0.6 is 0 Å². The monoisotopic (exact) mass is 299 g/mol. The van der Waals surface area contributed by atoms with Gasteiger partial charge in [0.25, 0.3) is 5.91 Å². The van der Waals surface area contributed by atoms with E-state index in [0.29, 0.717) is 18.9 Å². The third kappa shape index (κ3) is 5.48. The summed E-state index contributed by atoms with van der Waals surface area (Å²) in [5.41, 5.74) is 2.23. The van der Waals surface area contributed by atoms with Gasteiger partial charge in [-0.25, -0.2) is 0 Å². The van der Waals surface area contributed by atoms with Crippen LogP contribution in [0.3, 0.4) is 0 Å². The Hall–Kier alpha value is -2.49. The van der Waals surface area contributed by atoms with E-state index in [9.17, 15) is 4.79 Å². The van der Waals surface area contributed by atoms with Crippen LogP contribution in [0.15, 0.2) is 48.5 Å². The van der Waals surface area contributed by atoms with E-state index in [1.54, 1.807) is 0 Å². The summed E-state index contributed by atoms with van der Waals surface area (Å²) in [7, 11) is 0. The summed E-state index contributed by atoms with van der Waals surface area (Å²) >= 11 is 0. The number of aryl methyl sites for hydroxylation is 2. The molecule has 0 heterocycles. The fraction of sp³-hybridized carbons (Fsp3) is 0.278. The number of hydrogen-bond acceptors (Lipinski definition) is 3. The molecule has 0 saturated heterocycles. The van der Waals surface area contributed by atoms with Gasteiger partial charge in [0, 0.05) is 0 Å². The molecule has 0 aliphatic carbocycles. The van der Waals surface area contributed by atoms with Crippen LogP contribution in [0, 0.1) is 13.8 Å². The standard InChI is InChI=1S/C18H21NO3/c1-14-10-15(2)12-17(11-14)22-13-18(20)19-8-9-21-16-6-4-3-5-7-16/h3-7,10-12H,8-9,13H2,1-2H3,(H,19,20). The molecular formula is C18H21NO3. The number of para-hydroxylation sites is 1. The van der Waals surface area contributed by atoms with E-state index in [1.165, 1.54) is 0 Å². The number of benzene rings is 2. The Kier molecular flexibility index (Phi) is 5.83. The van der Waals surface area contributed by atoms with E-state index < -0.39 is 0 Å². The largest absolute Gasteiger partial charge is 0.492 e. The SMILES string of the molecule is Cc1cc(C)cc(OCC(=O)NCCOc2ccccc2)c1. The smallest absolute Gasteiger partial charge is 0.258 e. The van der Waals surface area contributed by atoms with Gasteiger partial charge in [-0.05, 0) is 49.2 Å². The highest BCUT2D eigenvalue weighted by atomic mass is 16.5. The first-order valence-electron chi connectivity index (χ1n) is 7.29. The Morgan fingerprint density at radius 1 is 0.955 bits per heavy atom. The average Bonchev–Trinajstić information content (AvgIpc) is 2.50. The number of carbonyl (C=O) groups is 1. The van der Waals surface area contributed by atoms with Crippen LogP contribution in [0.5, 0.6) is 11.5 Å². The second-order valence-electron chi connectivity index (χ2n) is 5.12. The first kappa shape index (κ1) is 15.9. The van der Waals surface area contributed by atoms with Crippen molar-refractivity contribution in [3.8, 4) is 11.5 Å². The highest BCUT2D eigenvalue weighted by Gasteiger charge is 2.03. The molecule has 0 unspecified atom stereocenters. The topological polar surface area (TPSA) is 47.6 Å². The average molecular weight is 299 g/mol. The second-order valence-corrected chi connectivity index (χ2v) is 5.12. The van der Waals surface area contributed by atoms with Gasteiger partial charge in [-0.2, -0.15) is 0 Å². The van der Waals surface area contributed by atoms with Gasteiger partial charge in [-0.1, -0.05) is 24.3 Å². The molecule has 1 N–H and O–H groups in total. The van der Waals surface area contributed by atoms with Crippen LogP contribution < -0.4 is 14.8 Å². The molecule has 2 aromatic rings. The summed E-state index contributed by atoms with van der Waals surface area (Å²) in [6.45, 7) is 4.89. The number of nitrogens with one attached hydrogen (secondary N) is 1. The van der Waals surface area contributed by atoms with Crippen molar-refractivity contribution in [1.82, 2.24) is 5.32 Å². The van der Waals surface area contributed by atoms with Crippen LogP contribution in [-0.4, -0.2) is 25.7 Å². The summed E-state index contributed by atoms with van der Waals surface area (Å²) < 4.78 is 11.0. The molecule has 0 aliphatic rings. The Morgan fingerprint density at radius 2 is 1.64 bits per heavy atom. The van der Waals surface area contributed by atoms with Crippen molar-refractivity contribution >= 4 is 5.91 Å². The zero-order valence-electron chi connectivity index (χ0n) is 13.0. The molecule has 22 heavy (non-hydrogen) atoms. The molecule has 0 saturated carbocycles. The van der Waals surface area contributed by atoms with Crippen molar-refractivity contribution in [1.29, 1.82) is 0 Å². The predicted molar refractivity (Wildman–Crippen MR) is 86.4 cm³/mol. The minimum absolute atomic E-state index is 0.00816. The minimum Gasteiger partial charge on any atom is -0.492 e. The van der Waals surface area contributed by atoms with E-state index in [1.807, 2.05) is 56.3 Å². The quantitative estimate of drug-likeness (QED) is 0.800. The highest BCUT2D eigenvalue weighted by molar-refractivity contribution is 5.77. The van der Waals surface area contributed by atoms with Gasteiger partial charge in [0.2, 0.25) is 0 Å². The zero-order valence-corrected chi connectivity index (χ0v) is 13.0. The van der Waals surface area contributed by atoms with Crippen LogP contribution in [0.1, 0.15) is 11.1 Å². The summed E-state index contributed by atoms with van der Waals surface area (Å²) in [6.07, 6.45) is 0. The van der Waals surface area contributed by atoms with E-state index >= 15 is 0 Å². The molecule has 0 aromatic heterocycles. The molecule has 0 bridgehead atoms. The fourth-order valence-corrected chi connectivity index (χ4v) is 2.09. The molecule has 0 atom stereocenters. The zero-order chi connectivity index (χ0) is 15.8. The van der Waals surface area contributed by atoms with E-state index in [2.05, 4.69) is 11.4 Å². The van der Waals surface area contributed by atoms with E-state index in [-0.39, 0.29) is 12.5 Å². The van der Waals surface area contributed by atoms with Crippen molar-refractivity contribution in [2.75, 3.05) is 19.8 Å². The number of carbonyl (C=O) groups excluding carboxylic acids is 1. The normalized spacial score (nSPS) is 10.1. The van der Waals surface area contributed by atoms with Gasteiger partial charge in [-0.15, -0.1) is 0 Å². The van der Waals surface area contributed by atoms with Gasteiger partial charge in [0.1, 0.15) is 18.1 Å². The first-order chi connectivity index (χ1) is 10.6. The van der Waals surface area contributed by atoms with Crippen molar-refractivity contribution in [2.45, 2.75) is 13.8 Å². The van der Waals surface area contributed by atoms with Crippen molar-refractivity contribution in [3.05, 3.63) is 59.7 Å². The molecule has 4 heteroatoms. The van der Waals surface area contributed by atoms with Crippen molar-refractivity contribution < 1.29 is 14.3 Å². The Labute approximate surface area is 131 Å². The molecule has 0 fully saturated rings. The molecule has 2 aromatic carbocycles. The lowest BCUT2D eigenvalue weighted by Gasteiger charge is -2.10. The summed E-state index contributed by atoms with van der Waals surface area (Å²) in [4.78, 5) is 11.7.